The van der Waals surface area contributed by atoms with Gasteiger partial charge in [0, 0.05) is 12.0 Å². The summed E-state index contributed by atoms with van der Waals surface area (Å²) in [5.74, 6) is -0.816. The fourth-order valence-electron chi connectivity index (χ4n) is 4.17. The second-order valence-corrected chi connectivity index (χ2v) is 8.87. The van der Waals surface area contributed by atoms with Gasteiger partial charge in [0.25, 0.3) is 0 Å². The molecule has 6 heteroatoms. The fraction of sp³-hybridized carbons (Fsp3) is 0.800. The molecule has 0 aromatic carbocycles. The number of esters is 1. The number of aliphatic hydroxyl groups is 2. The molecule has 3 aliphatic rings. The van der Waals surface area contributed by atoms with Gasteiger partial charge in [-0.3, -0.25) is 4.79 Å². The highest BCUT2D eigenvalue weighted by Crippen LogP contribution is 2.47. The van der Waals surface area contributed by atoms with Crippen LogP contribution in [0.2, 0.25) is 0 Å². The van der Waals surface area contributed by atoms with Crippen LogP contribution in [0.15, 0.2) is 12.2 Å². The number of aliphatic hydroxyl groups excluding tert-OH is 1. The molecule has 2 heterocycles. The van der Waals surface area contributed by atoms with Crippen molar-refractivity contribution in [3.8, 4) is 0 Å². The zero-order valence-corrected chi connectivity index (χ0v) is 15.9. The van der Waals surface area contributed by atoms with Gasteiger partial charge in [0.2, 0.25) is 0 Å². The second kappa shape index (κ2) is 6.43. The largest absolute Gasteiger partial charge is 0.448 e. The predicted molar refractivity (Wildman–Crippen MR) is 94.4 cm³/mol. The van der Waals surface area contributed by atoms with Crippen molar-refractivity contribution in [3.63, 3.8) is 0 Å². The summed E-state index contributed by atoms with van der Waals surface area (Å²) in [5.41, 5.74) is -2.54. The van der Waals surface area contributed by atoms with Gasteiger partial charge in [-0.2, -0.15) is 0 Å². The van der Waals surface area contributed by atoms with Crippen LogP contribution in [-0.2, 0) is 19.1 Å². The predicted octanol–water partition coefficient (Wildman–Crippen LogP) is 2.06. The number of carbonyl (C=O) groups is 2. The van der Waals surface area contributed by atoms with Crippen LogP contribution >= 0.6 is 0 Å². The van der Waals surface area contributed by atoms with Crippen LogP contribution in [0.4, 0.5) is 0 Å². The van der Waals surface area contributed by atoms with E-state index in [2.05, 4.69) is 6.58 Å². The molecule has 1 aliphatic carbocycles. The maximum atomic E-state index is 12.8. The van der Waals surface area contributed by atoms with Crippen LogP contribution in [0.5, 0.6) is 0 Å². The van der Waals surface area contributed by atoms with E-state index < -0.39 is 23.3 Å². The highest BCUT2D eigenvalue weighted by molar-refractivity contribution is 5.94. The lowest BCUT2D eigenvalue weighted by molar-refractivity contribution is -0.162. The number of ether oxygens (including phenoxy) is 2. The van der Waals surface area contributed by atoms with Crippen molar-refractivity contribution in [1.29, 1.82) is 0 Å². The minimum atomic E-state index is -1.38. The average molecular weight is 366 g/mol. The van der Waals surface area contributed by atoms with Gasteiger partial charge < -0.3 is 19.7 Å². The molecule has 3 rings (SSSR count). The van der Waals surface area contributed by atoms with Crippen molar-refractivity contribution < 1.29 is 29.3 Å². The van der Waals surface area contributed by atoms with Gasteiger partial charge in [0.1, 0.15) is 0 Å². The first kappa shape index (κ1) is 19.5. The summed E-state index contributed by atoms with van der Waals surface area (Å²) in [5, 5.41) is 21.0. The third-order valence-corrected chi connectivity index (χ3v) is 6.66. The van der Waals surface area contributed by atoms with E-state index in [-0.39, 0.29) is 36.2 Å². The smallest absolute Gasteiger partial charge is 0.334 e. The lowest BCUT2D eigenvalue weighted by atomic mass is 9.80. The van der Waals surface area contributed by atoms with Crippen LogP contribution in [0, 0.1) is 5.92 Å². The van der Waals surface area contributed by atoms with E-state index in [0.29, 0.717) is 37.7 Å². The Balaban J connectivity index is 1.88. The molecule has 2 saturated heterocycles. The number of hydrogen-bond acceptors (Lipinski definition) is 6. The zero-order valence-electron chi connectivity index (χ0n) is 15.9. The zero-order chi connectivity index (χ0) is 19.3. The molecular formula is C20H30O6. The fourth-order valence-corrected chi connectivity index (χ4v) is 4.17. The van der Waals surface area contributed by atoms with Crippen LogP contribution in [0.3, 0.4) is 0 Å². The molecule has 0 spiro atoms. The summed E-state index contributed by atoms with van der Waals surface area (Å²) in [6, 6.07) is 0. The molecule has 26 heavy (non-hydrogen) atoms. The highest BCUT2D eigenvalue weighted by atomic mass is 16.6. The monoisotopic (exact) mass is 366 g/mol. The first-order valence-electron chi connectivity index (χ1n) is 9.50. The molecule has 146 valence electrons. The number of Topliss-reactive ketones (excluding diaryl/α,β-unsaturated/α-hetero) is 1. The van der Waals surface area contributed by atoms with Gasteiger partial charge in [-0.15, -0.1) is 0 Å². The maximum Gasteiger partial charge on any atom is 0.334 e. The molecule has 2 aliphatic heterocycles. The van der Waals surface area contributed by atoms with Crippen LogP contribution in [0.25, 0.3) is 0 Å². The van der Waals surface area contributed by atoms with Crippen molar-refractivity contribution in [1.82, 2.24) is 0 Å². The third-order valence-electron chi connectivity index (χ3n) is 6.66. The molecule has 0 aromatic rings. The Bertz CT molecular complexity index is 626. The Morgan fingerprint density at radius 2 is 1.81 bits per heavy atom. The first-order chi connectivity index (χ1) is 12.0. The number of rotatable bonds is 0. The van der Waals surface area contributed by atoms with Crippen LogP contribution < -0.4 is 0 Å². The quantitative estimate of drug-likeness (QED) is 0.387. The van der Waals surface area contributed by atoms with E-state index in [1.165, 1.54) is 0 Å². The summed E-state index contributed by atoms with van der Waals surface area (Å²) in [4.78, 5) is 25.2. The number of ketones is 1. The number of epoxide rings is 1. The normalized spacial score (nSPS) is 47.6. The summed E-state index contributed by atoms with van der Waals surface area (Å²) in [6.07, 6.45) is 1.93. The Morgan fingerprint density at radius 3 is 2.50 bits per heavy atom. The van der Waals surface area contributed by atoms with E-state index in [9.17, 15) is 19.8 Å². The van der Waals surface area contributed by atoms with Gasteiger partial charge in [0.05, 0.1) is 23.4 Å². The molecule has 0 unspecified atom stereocenters. The van der Waals surface area contributed by atoms with E-state index in [0.717, 1.165) is 0 Å². The Kier molecular flexibility index (Phi) is 4.83. The summed E-state index contributed by atoms with van der Waals surface area (Å²) in [7, 11) is 0. The molecule has 0 radical (unpaired) electrons. The third kappa shape index (κ3) is 3.59. The van der Waals surface area contributed by atoms with Gasteiger partial charge in [-0.05, 0) is 65.2 Å². The van der Waals surface area contributed by atoms with Crippen molar-refractivity contribution in [2.24, 2.45) is 5.92 Å². The number of hydrogen-bond donors (Lipinski definition) is 2. The first-order valence-corrected chi connectivity index (χ1v) is 9.50. The molecule has 6 atom stereocenters. The SMILES string of the molecule is C=C1C(=O)O[C@@]2(C)CC[C@H]1C[C@H]1O[C@@]1(C)CC[C@@H](O)[C@@](C)(O)CCC2=O. The molecule has 3 fully saturated rings. The Morgan fingerprint density at radius 1 is 1.12 bits per heavy atom. The number of carbonyl (C=O) groups excluding carboxylic acids is 2. The lowest BCUT2D eigenvalue weighted by Crippen LogP contribution is -2.44. The molecule has 2 N–H and O–H groups in total. The summed E-state index contributed by atoms with van der Waals surface area (Å²) >= 11 is 0. The van der Waals surface area contributed by atoms with E-state index in [1.807, 2.05) is 6.92 Å². The molecule has 1 saturated carbocycles. The minimum Gasteiger partial charge on any atom is -0.448 e. The molecule has 0 amide bonds. The average Bonchev–Trinajstić information content (AvgIpc) is 3.24. The molecule has 0 aromatic heterocycles. The number of fused-ring (bicyclic) bond motifs is 4. The van der Waals surface area contributed by atoms with Gasteiger partial charge in [-0.1, -0.05) is 6.58 Å². The van der Waals surface area contributed by atoms with Crippen molar-refractivity contribution in [3.05, 3.63) is 12.2 Å². The van der Waals surface area contributed by atoms with Crippen molar-refractivity contribution >= 4 is 11.8 Å². The van der Waals surface area contributed by atoms with Gasteiger partial charge in [-0.25, -0.2) is 4.79 Å². The Labute approximate surface area is 154 Å². The molecular weight excluding hydrogens is 336 g/mol. The second-order valence-electron chi connectivity index (χ2n) is 8.87. The Hall–Kier alpha value is -1.24. The van der Waals surface area contributed by atoms with Gasteiger partial charge >= 0.3 is 5.97 Å². The van der Waals surface area contributed by atoms with Crippen LogP contribution in [0.1, 0.15) is 65.7 Å². The van der Waals surface area contributed by atoms with E-state index >= 15 is 0 Å². The van der Waals surface area contributed by atoms with E-state index in [1.54, 1.807) is 13.8 Å². The van der Waals surface area contributed by atoms with Crippen LogP contribution in [-0.4, -0.2) is 51.0 Å². The van der Waals surface area contributed by atoms with Crippen molar-refractivity contribution in [2.75, 3.05) is 0 Å². The maximum absolute atomic E-state index is 12.8. The van der Waals surface area contributed by atoms with E-state index in [4.69, 9.17) is 9.47 Å². The standard InChI is InChI=1S/C20H30O6/c1-12-13-5-9-19(3,26-17(12)23)15(22)6-8-18(2,24)14(21)7-10-20(4)16(11-13)25-20/h13-14,16,21,24H,1,5-11H2,2-4H3/t13-,14+,16+,18-,19-,20-/m0/s1. The minimum absolute atomic E-state index is 0.0165. The highest BCUT2D eigenvalue weighted by Gasteiger charge is 2.54. The van der Waals surface area contributed by atoms with Crippen molar-refractivity contribution in [2.45, 2.75) is 94.7 Å². The summed E-state index contributed by atoms with van der Waals surface area (Å²) < 4.78 is 11.4. The lowest BCUT2D eigenvalue weighted by Gasteiger charge is -2.32. The summed E-state index contributed by atoms with van der Waals surface area (Å²) in [6.45, 7) is 9.09. The molecule has 2 bridgehead atoms. The molecule has 6 nitrogen and oxygen atoms in total. The topological polar surface area (TPSA) is 96.4 Å². The van der Waals surface area contributed by atoms with Gasteiger partial charge in [0.15, 0.2) is 11.4 Å².